The second kappa shape index (κ2) is 7.05. The summed E-state index contributed by atoms with van der Waals surface area (Å²) in [4.78, 5) is 12.5. The van der Waals surface area contributed by atoms with E-state index in [9.17, 15) is 9.90 Å². The molecule has 0 saturated carbocycles. The fraction of sp³-hybridized carbons (Fsp3) is 0.211. The molecule has 114 valence electrons. The molecular weight excluding hydrogens is 276 g/mol. The molecule has 3 heteroatoms. The van der Waals surface area contributed by atoms with Gasteiger partial charge < -0.3 is 9.84 Å². The van der Waals surface area contributed by atoms with Crippen molar-refractivity contribution in [2.45, 2.75) is 20.0 Å². The van der Waals surface area contributed by atoms with Gasteiger partial charge in [0.05, 0.1) is 18.3 Å². The van der Waals surface area contributed by atoms with Crippen LogP contribution < -0.4 is 0 Å². The number of ketones is 1. The Kier molecular flexibility index (Phi) is 5.12. The number of carbonyl (C=O) groups is 1. The molecule has 2 rings (SSSR count). The number of benzene rings is 2. The average molecular weight is 296 g/mol. The first kappa shape index (κ1) is 16.0. The first-order valence-corrected chi connectivity index (χ1v) is 7.17. The zero-order chi connectivity index (χ0) is 16.1. The molecule has 0 heterocycles. The van der Waals surface area contributed by atoms with Crippen LogP contribution in [0.1, 0.15) is 41.4 Å². The van der Waals surface area contributed by atoms with E-state index in [1.165, 1.54) is 6.07 Å². The Morgan fingerprint density at radius 1 is 1.23 bits per heavy atom. The van der Waals surface area contributed by atoms with Crippen LogP contribution in [0.2, 0.25) is 0 Å². The van der Waals surface area contributed by atoms with Gasteiger partial charge in [0.15, 0.2) is 5.78 Å². The van der Waals surface area contributed by atoms with Crippen LogP contribution in [0.5, 0.6) is 5.75 Å². The number of carbonyl (C=O) groups excluding carboxylic acids is 1. The maximum Gasteiger partial charge on any atom is 0.196 e. The molecule has 0 spiro atoms. The summed E-state index contributed by atoms with van der Waals surface area (Å²) in [5.41, 5.74) is 2.62. The zero-order valence-corrected chi connectivity index (χ0v) is 12.9. The summed E-state index contributed by atoms with van der Waals surface area (Å²) < 4.78 is 5.68. The van der Waals surface area contributed by atoms with Gasteiger partial charge in [0.25, 0.3) is 0 Å². The molecule has 1 atom stereocenters. The third-order valence-corrected chi connectivity index (χ3v) is 3.35. The van der Waals surface area contributed by atoms with E-state index in [2.05, 4.69) is 6.58 Å². The quantitative estimate of drug-likeness (QED) is 0.639. The number of phenols is 1. The van der Waals surface area contributed by atoms with Crippen LogP contribution in [0.15, 0.2) is 60.7 Å². The van der Waals surface area contributed by atoms with Crippen LogP contribution in [0.25, 0.3) is 0 Å². The molecule has 1 N–H and O–H groups in total. The van der Waals surface area contributed by atoms with Gasteiger partial charge in [-0.1, -0.05) is 48.6 Å². The molecule has 0 aliphatic carbocycles. The molecule has 0 saturated heterocycles. The van der Waals surface area contributed by atoms with Gasteiger partial charge in [-0.2, -0.15) is 0 Å². The fourth-order valence-electron chi connectivity index (χ4n) is 2.10. The van der Waals surface area contributed by atoms with Crippen molar-refractivity contribution in [3.8, 4) is 5.75 Å². The van der Waals surface area contributed by atoms with Gasteiger partial charge >= 0.3 is 0 Å². The molecular formula is C19H20O3. The molecule has 2 aromatic rings. The number of rotatable bonds is 6. The van der Waals surface area contributed by atoms with Gasteiger partial charge in [-0.25, -0.2) is 0 Å². The third-order valence-electron chi connectivity index (χ3n) is 3.35. The largest absolute Gasteiger partial charge is 0.507 e. The third kappa shape index (κ3) is 3.83. The van der Waals surface area contributed by atoms with Crippen LogP contribution in [0.3, 0.4) is 0 Å². The average Bonchev–Trinajstić information content (AvgIpc) is 2.53. The number of hydrogen-bond donors (Lipinski definition) is 1. The number of phenolic OH excluding ortho intramolecular Hbond substituents is 1. The van der Waals surface area contributed by atoms with Crippen LogP contribution in [0.4, 0.5) is 0 Å². The minimum absolute atomic E-state index is 0.0234. The molecule has 1 unspecified atom stereocenters. The van der Waals surface area contributed by atoms with Crippen LogP contribution in [0, 0.1) is 0 Å². The smallest absolute Gasteiger partial charge is 0.196 e. The summed E-state index contributed by atoms with van der Waals surface area (Å²) >= 11 is 0. The monoisotopic (exact) mass is 296 g/mol. The number of hydrogen-bond acceptors (Lipinski definition) is 3. The maximum atomic E-state index is 12.5. The molecule has 0 amide bonds. The van der Waals surface area contributed by atoms with Crippen molar-refractivity contribution in [1.82, 2.24) is 0 Å². The highest BCUT2D eigenvalue weighted by Gasteiger charge is 2.16. The van der Waals surface area contributed by atoms with Gasteiger partial charge in [-0.3, -0.25) is 4.79 Å². The van der Waals surface area contributed by atoms with Gasteiger partial charge in [-0.15, -0.1) is 0 Å². The van der Waals surface area contributed by atoms with Crippen molar-refractivity contribution < 1.29 is 14.6 Å². The van der Waals surface area contributed by atoms with E-state index >= 15 is 0 Å². The Labute approximate surface area is 130 Å². The normalized spacial score (nSPS) is 11.9. The second-order valence-corrected chi connectivity index (χ2v) is 5.38. The maximum absolute atomic E-state index is 12.5. The Morgan fingerprint density at radius 3 is 2.55 bits per heavy atom. The number of aromatic hydroxyl groups is 1. The van der Waals surface area contributed by atoms with E-state index in [4.69, 9.17) is 4.74 Å². The SMILES string of the molecule is C=C(C)COC(C)c1ccc(O)c(C(=O)c2ccccc2)c1. The highest BCUT2D eigenvalue weighted by atomic mass is 16.5. The summed E-state index contributed by atoms with van der Waals surface area (Å²) in [5, 5.41) is 9.99. The lowest BCUT2D eigenvalue weighted by Gasteiger charge is -2.15. The van der Waals surface area contributed by atoms with Crippen molar-refractivity contribution in [3.05, 3.63) is 77.4 Å². The molecule has 0 radical (unpaired) electrons. The number of ether oxygens (including phenoxy) is 1. The van der Waals surface area contributed by atoms with E-state index in [0.29, 0.717) is 12.2 Å². The van der Waals surface area contributed by atoms with Gasteiger partial charge in [-0.05, 0) is 31.5 Å². The van der Waals surface area contributed by atoms with E-state index in [1.54, 1.807) is 36.4 Å². The lowest BCUT2D eigenvalue weighted by atomic mass is 9.99. The van der Waals surface area contributed by atoms with E-state index < -0.39 is 0 Å². The standard InChI is InChI=1S/C19H20O3/c1-13(2)12-22-14(3)16-9-10-18(20)17(11-16)19(21)15-7-5-4-6-8-15/h4-11,14,20H,1,12H2,2-3H3. The highest BCUT2D eigenvalue weighted by Crippen LogP contribution is 2.26. The summed E-state index contributed by atoms with van der Waals surface area (Å²) in [6.07, 6.45) is -0.181. The van der Waals surface area contributed by atoms with Crippen LogP contribution in [-0.2, 0) is 4.74 Å². The first-order chi connectivity index (χ1) is 10.5. The van der Waals surface area contributed by atoms with Crippen molar-refractivity contribution in [1.29, 1.82) is 0 Å². The van der Waals surface area contributed by atoms with Crippen molar-refractivity contribution in [3.63, 3.8) is 0 Å². The summed E-state index contributed by atoms with van der Waals surface area (Å²) in [6.45, 7) is 8.07. The lowest BCUT2D eigenvalue weighted by molar-refractivity contribution is 0.0837. The van der Waals surface area contributed by atoms with Crippen molar-refractivity contribution in [2.24, 2.45) is 0 Å². The van der Waals surface area contributed by atoms with E-state index in [-0.39, 0.29) is 23.2 Å². The van der Waals surface area contributed by atoms with Crippen LogP contribution >= 0.6 is 0 Å². The Hall–Kier alpha value is -2.39. The zero-order valence-electron chi connectivity index (χ0n) is 12.9. The predicted molar refractivity (Wildman–Crippen MR) is 87.2 cm³/mol. The molecule has 2 aromatic carbocycles. The molecule has 0 aromatic heterocycles. The van der Waals surface area contributed by atoms with Gasteiger partial charge in [0.1, 0.15) is 5.75 Å². The van der Waals surface area contributed by atoms with Gasteiger partial charge in [0, 0.05) is 5.56 Å². The predicted octanol–water partition coefficient (Wildman–Crippen LogP) is 4.28. The highest BCUT2D eigenvalue weighted by molar-refractivity contribution is 6.10. The Bertz CT molecular complexity index is 674. The van der Waals surface area contributed by atoms with Crippen molar-refractivity contribution >= 4 is 5.78 Å². The molecule has 22 heavy (non-hydrogen) atoms. The van der Waals surface area contributed by atoms with Gasteiger partial charge in [0.2, 0.25) is 0 Å². The molecule has 0 fully saturated rings. The Morgan fingerprint density at radius 2 is 1.91 bits per heavy atom. The summed E-state index contributed by atoms with van der Waals surface area (Å²) in [5.74, 6) is -0.225. The molecule has 3 nitrogen and oxygen atoms in total. The first-order valence-electron chi connectivity index (χ1n) is 7.17. The Balaban J connectivity index is 2.27. The second-order valence-electron chi connectivity index (χ2n) is 5.38. The molecule has 0 bridgehead atoms. The minimum atomic E-state index is -0.202. The molecule has 0 aliphatic heterocycles. The fourth-order valence-corrected chi connectivity index (χ4v) is 2.10. The van der Waals surface area contributed by atoms with E-state index in [1.807, 2.05) is 19.9 Å². The summed E-state index contributed by atoms with van der Waals surface area (Å²) in [6, 6.07) is 13.9. The van der Waals surface area contributed by atoms with Crippen molar-refractivity contribution in [2.75, 3.05) is 6.61 Å². The summed E-state index contributed by atoms with van der Waals surface area (Å²) in [7, 11) is 0. The minimum Gasteiger partial charge on any atom is -0.507 e. The van der Waals surface area contributed by atoms with Crippen LogP contribution in [-0.4, -0.2) is 17.5 Å². The topological polar surface area (TPSA) is 46.5 Å². The lowest BCUT2D eigenvalue weighted by Crippen LogP contribution is -2.06. The molecule has 0 aliphatic rings. The van der Waals surface area contributed by atoms with E-state index in [0.717, 1.165) is 11.1 Å².